The number of aryl methyl sites for hydroxylation is 1. The van der Waals surface area contributed by atoms with Gasteiger partial charge in [0.25, 0.3) is 5.91 Å². The molecular weight excluding hydrogens is 358 g/mol. The first-order valence-corrected chi connectivity index (χ1v) is 8.01. The number of hydrogen-bond acceptors (Lipinski definition) is 3. The van der Waals surface area contributed by atoms with Gasteiger partial charge in [-0.05, 0) is 62.2 Å². The summed E-state index contributed by atoms with van der Waals surface area (Å²) in [7, 11) is 0. The van der Waals surface area contributed by atoms with E-state index in [1.54, 1.807) is 31.2 Å². The number of benzene rings is 2. The molecule has 1 amide bonds. The number of carbonyl (C=O) groups is 2. The molecule has 0 saturated heterocycles. The summed E-state index contributed by atoms with van der Waals surface area (Å²) in [5.74, 6) is -0.865. The Hall–Kier alpha value is -2.14. The van der Waals surface area contributed by atoms with Crippen molar-refractivity contribution in [1.82, 2.24) is 0 Å². The summed E-state index contributed by atoms with van der Waals surface area (Å²) in [6.45, 7) is 5.34. The Balaban J connectivity index is 2.01. The van der Waals surface area contributed by atoms with E-state index in [-0.39, 0.29) is 5.91 Å². The summed E-state index contributed by atoms with van der Waals surface area (Å²) < 4.78 is 6.19. The Bertz CT molecular complexity index is 726. The van der Waals surface area contributed by atoms with Crippen molar-refractivity contribution in [3.8, 4) is 0 Å². The molecule has 0 unspecified atom stereocenters. The predicted molar refractivity (Wildman–Crippen MR) is 93.6 cm³/mol. The second-order valence-electron chi connectivity index (χ2n) is 5.29. The molecule has 0 spiro atoms. The van der Waals surface area contributed by atoms with Gasteiger partial charge in [0.1, 0.15) is 0 Å². The highest BCUT2D eigenvalue weighted by atomic mass is 79.9. The zero-order valence-corrected chi connectivity index (χ0v) is 14.8. The van der Waals surface area contributed by atoms with Crippen LogP contribution in [0.3, 0.4) is 0 Å². The van der Waals surface area contributed by atoms with Crippen molar-refractivity contribution in [3.05, 3.63) is 63.6 Å². The highest BCUT2D eigenvalue weighted by Gasteiger charge is 2.20. The third-order valence-electron chi connectivity index (χ3n) is 3.59. The molecule has 4 nitrogen and oxygen atoms in total. The molecule has 120 valence electrons. The smallest absolute Gasteiger partial charge is 0.339 e. The maximum Gasteiger partial charge on any atom is 0.339 e. The maximum absolute atomic E-state index is 12.2. The Morgan fingerprint density at radius 2 is 1.74 bits per heavy atom. The number of ether oxygens (including phenoxy) is 1. The molecule has 5 heteroatoms. The highest BCUT2D eigenvalue weighted by molar-refractivity contribution is 9.10. The van der Waals surface area contributed by atoms with Crippen LogP contribution in [0.25, 0.3) is 0 Å². The van der Waals surface area contributed by atoms with E-state index in [1.807, 2.05) is 32.0 Å². The molecule has 2 rings (SSSR count). The monoisotopic (exact) mass is 375 g/mol. The van der Waals surface area contributed by atoms with Crippen molar-refractivity contribution < 1.29 is 14.3 Å². The van der Waals surface area contributed by atoms with Gasteiger partial charge in [0.2, 0.25) is 0 Å². The van der Waals surface area contributed by atoms with E-state index in [9.17, 15) is 9.59 Å². The first kappa shape index (κ1) is 17.2. The van der Waals surface area contributed by atoms with Crippen LogP contribution >= 0.6 is 15.9 Å². The third-order valence-corrected chi connectivity index (χ3v) is 4.12. The lowest BCUT2D eigenvalue weighted by Crippen LogP contribution is -2.30. The quantitative estimate of drug-likeness (QED) is 0.812. The summed E-state index contributed by atoms with van der Waals surface area (Å²) >= 11 is 3.33. The van der Waals surface area contributed by atoms with Crippen LogP contribution in [0, 0.1) is 13.8 Å². The second-order valence-corrected chi connectivity index (χ2v) is 6.21. The number of anilines is 1. The minimum atomic E-state index is -0.883. The normalized spacial score (nSPS) is 11.7. The van der Waals surface area contributed by atoms with Crippen LogP contribution < -0.4 is 5.32 Å². The molecule has 1 atom stereocenters. The van der Waals surface area contributed by atoms with Gasteiger partial charge >= 0.3 is 5.97 Å². The van der Waals surface area contributed by atoms with Gasteiger partial charge in [0, 0.05) is 10.2 Å². The summed E-state index contributed by atoms with van der Waals surface area (Å²) in [6, 6.07) is 12.6. The number of rotatable bonds is 4. The van der Waals surface area contributed by atoms with Gasteiger partial charge in [-0.3, -0.25) is 4.79 Å². The lowest BCUT2D eigenvalue weighted by Gasteiger charge is -2.15. The first-order chi connectivity index (χ1) is 10.9. The van der Waals surface area contributed by atoms with Crippen LogP contribution in [-0.2, 0) is 9.53 Å². The number of esters is 1. The Kier molecular flexibility index (Phi) is 5.55. The zero-order chi connectivity index (χ0) is 17.0. The molecule has 0 aromatic heterocycles. The molecule has 0 aliphatic heterocycles. The SMILES string of the molecule is Cc1cccc(C(=O)O[C@@H](C)C(=O)Nc2ccc(Br)cc2)c1C. The minimum absolute atomic E-state index is 0.369. The molecule has 0 heterocycles. The fourth-order valence-electron chi connectivity index (χ4n) is 2.03. The van der Waals surface area contributed by atoms with E-state index in [4.69, 9.17) is 4.74 Å². The van der Waals surface area contributed by atoms with Crippen molar-refractivity contribution in [1.29, 1.82) is 0 Å². The molecule has 0 aliphatic carbocycles. The van der Waals surface area contributed by atoms with E-state index < -0.39 is 12.1 Å². The number of carbonyl (C=O) groups excluding carboxylic acids is 2. The maximum atomic E-state index is 12.2. The van der Waals surface area contributed by atoms with Gasteiger partial charge in [-0.15, -0.1) is 0 Å². The lowest BCUT2D eigenvalue weighted by molar-refractivity contribution is -0.123. The van der Waals surface area contributed by atoms with Gasteiger partial charge in [0.15, 0.2) is 6.10 Å². The Morgan fingerprint density at radius 3 is 2.39 bits per heavy atom. The topological polar surface area (TPSA) is 55.4 Å². The van der Waals surface area contributed by atoms with Crippen LogP contribution in [0.2, 0.25) is 0 Å². The Labute approximate surface area is 144 Å². The standard InChI is InChI=1S/C18H18BrNO3/c1-11-5-4-6-16(12(11)2)18(22)23-13(3)17(21)20-15-9-7-14(19)8-10-15/h4-10,13H,1-3H3,(H,20,21)/t13-/m0/s1. The summed E-state index contributed by atoms with van der Waals surface area (Å²) in [5.41, 5.74) is 2.99. The largest absolute Gasteiger partial charge is 0.449 e. The van der Waals surface area contributed by atoms with Gasteiger partial charge in [-0.1, -0.05) is 28.1 Å². The fourth-order valence-corrected chi connectivity index (χ4v) is 2.29. The number of amides is 1. The first-order valence-electron chi connectivity index (χ1n) is 7.22. The molecule has 0 saturated carbocycles. The average Bonchev–Trinajstić information content (AvgIpc) is 2.52. The van der Waals surface area contributed by atoms with Gasteiger partial charge < -0.3 is 10.1 Å². The summed E-state index contributed by atoms with van der Waals surface area (Å²) in [5, 5.41) is 2.71. The minimum Gasteiger partial charge on any atom is -0.449 e. The molecule has 2 aromatic carbocycles. The molecule has 23 heavy (non-hydrogen) atoms. The van der Waals surface area contributed by atoms with Gasteiger partial charge in [0.05, 0.1) is 5.56 Å². The highest BCUT2D eigenvalue weighted by Crippen LogP contribution is 2.16. The molecule has 2 aromatic rings. The van der Waals surface area contributed by atoms with E-state index in [1.165, 1.54) is 0 Å². The van der Waals surface area contributed by atoms with Crippen molar-refractivity contribution in [3.63, 3.8) is 0 Å². The predicted octanol–water partition coefficient (Wildman–Crippen LogP) is 4.25. The van der Waals surface area contributed by atoms with Crippen molar-refractivity contribution >= 4 is 33.5 Å². The van der Waals surface area contributed by atoms with Crippen LogP contribution in [0.4, 0.5) is 5.69 Å². The molecule has 0 bridgehead atoms. The van der Waals surface area contributed by atoms with E-state index in [0.717, 1.165) is 15.6 Å². The second kappa shape index (κ2) is 7.42. The summed E-state index contributed by atoms with van der Waals surface area (Å²) in [4.78, 5) is 24.3. The number of nitrogens with one attached hydrogen (secondary N) is 1. The third kappa shape index (κ3) is 4.42. The summed E-state index contributed by atoms with van der Waals surface area (Å²) in [6.07, 6.45) is -0.883. The van der Waals surface area contributed by atoms with E-state index in [2.05, 4.69) is 21.2 Å². The zero-order valence-electron chi connectivity index (χ0n) is 13.2. The molecule has 0 fully saturated rings. The molecule has 1 N–H and O–H groups in total. The van der Waals surface area contributed by atoms with Crippen LogP contribution in [-0.4, -0.2) is 18.0 Å². The van der Waals surface area contributed by atoms with E-state index in [0.29, 0.717) is 11.3 Å². The Morgan fingerprint density at radius 1 is 1.09 bits per heavy atom. The van der Waals surface area contributed by atoms with Crippen molar-refractivity contribution in [2.45, 2.75) is 26.9 Å². The molecule has 0 aliphatic rings. The van der Waals surface area contributed by atoms with Crippen molar-refractivity contribution in [2.75, 3.05) is 5.32 Å². The lowest BCUT2D eigenvalue weighted by atomic mass is 10.0. The average molecular weight is 376 g/mol. The van der Waals surface area contributed by atoms with Crippen LogP contribution in [0.5, 0.6) is 0 Å². The van der Waals surface area contributed by atoms with Crippen LogP contribution in [0.15, 0.2) is 46.9 Å². The fraction of sp³-hybridized carbons (Fsp3) is 0.222. The number of halogens is 1. The van der Waals surface area contributed by atoms with E-state index >= 15 is 0 Å². The van der Waals surface area contributed by atoms with Gasteiger partial charge in [-0.25, -0.2) is 4.79 Å². The van der Waals surface area contributed by atoms with Crippen LogP contribution in [0.1, 0.15) is 28.4 Å². The molecular formula is C18H18BrNO3. The van der Waals surface area contributed by atoms with Crippen molar-refractivity contribution in [2.24, 2.45) is 0 Å². The molecule has 0 radical (unpaired) electrons. The van der Waals surface area contributed by atoms with Gasteiger partial charge in [-0.2, -0.15) is 0 Å². The number of hydrogen-bond donors (Lipinski definition) is 1.